The summed E-state index contributed by atoms with van der Waals surface area (Å²) in [5.74, 6) is 1.26. The van der Waals surface area contributed by atoms with Gasteiger partial charge in [0.05, 0.1) is 17.6 Å². The predicted molar refractivity (Wildman–Crippen MR) is 104 cm³/mol. The van der Waals surface area contributed by atoms with Crippen LogP contribution in [0.5, 0.6) is 0 Å². The average molecular weight is 345 g/mol. The van der Waals surface area contributed by atoms with Crippen LogP contribution >= 0.6 is 0 Å². The number of nitrogens with one attached hydrogen (secondary N) is 1. The summed E-state index contributed by atoms with van der Waals surface area (Å²) in [4.78, 5) is 15.3. The Bertz CT molecular complexity index is 823. The fourth-order valence-electron chi connectivity index (χ4n) is 3.40. The van der Waals surface area contributed by atoms with Crippen molar-refractivity contribution in [3.05, 3.63) is 66.6 Å². The van der Waals surface area contributed by atoms with Gasteiger partial charge in [-0.3, -0.25) is 4.98 Å². The van der Waals surface area contributed by atoms with Gasteiger partial charge in [0.2, 0.25) is 5.95 Å². The lowest BCUT2D eigenvalue weighted by molar-refractivity contribution is 0.255. The molecule has 5 heteroatoms. The molecule has 3 aromatic rings. The van der Waals surface area contributed by atoms with Crippen molar-refractivity contribution >= 4 is 11.6 Å². The van der Waals surface area contributed by atoms with Crippen LogP contribution in [-0.4, -0.2) is 40.0 Å². The molecule has 0 bridgehead atoms. The molecule has 5 nitrogen and oxygen atoms in total. The van der Waals surface area contributed by atoms with E-state index in [1.54, 1.807) is 18.5 Å². The van der Waals surface area contributed by atoms with Crippen molar-refractivity contribution in [3.8, 4) is 11.3 Å². The molecule has 0 spiro atoms. The maximum atomic E-state index is 4.57. The van der Waals surface area contributed by atoms with Crippen LogP contribution in [-0.2, 0) is 0 Å². The third-order valence-electron chi connectivity index (χ3n) is 4.98. The molecule has 0 aliphatic carbocycles. The van der Waals surface area contributed by atoms with Crippen LogP contribution < -0.4 is 5.32 Å². The Morgan fingerprint density at radius 1 is 0.923 bits per heavy atom. The van der Waals surface area contributed by atoms with Crippen LogP contribution in [0.2, 0.25) is 0 Å². The van der Waals surface area contributed by atoms with Crippen LogP contribution in [0, 0.1) is 0 Å². The van der Waals surface area contributed by atoms with Crippen molar-refractivity contribution in [1.82, 2.24) is 19.9 Å². The molecule has 0 radical (unpaired) electrons. The molecule has 1 saturated heterocycles. The highest BCUT2D eigenvalue weighted by Gasteiger charge is 2.18. The number of likely N-dealkylation sites (tertiary alicyclic amines) is 1. The normalized spacial score (nSPS) is 15.7. The van der Waals surface area contributed by atoms with Gasteiger partial charge in [-0.2, -0.15) is 0 Å². The van der Waals surface area contributed by atoms with Gasteiger partial charge in [-0.1, -0.05) is 24.3 Å². The van der Waals surface area contributed by atoms with E-state index in [0.29, 0.717) is 11.9 Å². The van der Waals surface area contributed by atoms with E-state index >= 15 is 0 Å². The van der Waals surface area contributed by atoms with E-state index in [4.69, 9.17) is 0 Å². The summed E-state index contributed by atoms with van der Waals surface area (Å²) in [6.07, 6.45) is 7.73. The quantitative estimate of drug-likeness (QED) is 0.772. The predicted octanol–water partition coefficient (Wildman–Crippen LogP) is 4.09. The van der Waals surface area contributed by atoms with Crippen molar-refractivity contribution in [2.24, 2.45) is 0 Å². The molecule has 0 atom stereocenters. The fraction of sp³-hybridized carbons (Fsp3) is 0.286. The summed E-state index contributed by atoms with van der Waals surface area (Å²) in [5.41, 5.74) is 4.44. The fourth-order valence-corrected chi connectivity index (χ4v) is 3.40. The smallest absolute Gasteiger partial charge is 0.227 e. The molecular weight excluding hydrogens is 322 g/mol. The molecule has 132 valence electrons. The topological polar surface area (TPSA) is 53.9 Å². The van der Waals surface area contributed by atoms with E-state index in [9.17, 15) is 0 Å². The first kappa shape index (κ1) is 16.7. The molecule has 4 rings (SSSR count). The molecule has 2 aromatic heterocycles. The zero-order chi connectivity index (χ0) is 17.8. The summed E-state index contributed by atoms with van der Waals surface area (Å²) in [6, 6.07) is 14.7. The van der Waals surface area contributed by atoms with E-state index < -0.39 is 0 Å². The second-order valence-corrected chi connectivity index (χ2v) is 6.83. The number of pyridine rings is 1. The maximum absolute atomic E-state index is 4.57. The molecular formula is C21H23N5. The van der Waals surface area contributed by atoms with Crippen molar-refractivity contribution in [1.29, 1.82) is 0 Å². The van der Waals surface area contributed by atoms with Crippen LogP contribution in [0.1, 0.15) is 24.3 Å². The van der Waals surface area contributed by atoms with Crippen molar-refractivity contribution < 1.29 is 0 Å². The van der Waals surface area contributed by atoms with Gasteiger partial charge in [-0.25, -0.2) is 9.97 Å². The van der Waals surface area contributed by atoms with Crippen molar-refractivity contribution in [3.63, 3.8) is 0 Å². The summed E-state index contributed by atoms with van der Waals surface area (Å²) < 4.78 is 0. The van der Waals surface area contributed by atoms with Crippen LogP contribution in [0.15, 0.2) is 61.1 Å². The zero-order valence-electron chi connectivity index (χ0n) is 15.0. The Labute approximate surface area is 154 Å². The van der Waals surface area contributed by atoms with E-state index in [1.807, 2.05) is 18.3 Å². The first-order valence-corrected chi connectivity index (χ1v) is 9.07. The molecule has 0 unspecified atom stereocenters. The minimum absolute atomic E-state index is 0.574. The summed E-state index contributed by atoms with van der Waals surface area (Å²) in [7, 11) is 2.20. The molecule has 1 aliphatic rings. The second-order valence-electron chi connectivity index (χ2n) is 6.83. The van der Waals surface area contributed by atoms with Crippen LogP contribution in [0.25, 0.3) is 11.3 Å². The molecule has 0 amide bonds. The number of hydrogen-bond acceptors (Lipinski definition) is 5. The van der Waals surface area contributed by atoms with Gasteiger partial charge in [-0.05, 0) is 62.7 Å². The molecule has 0 saturated carbocycles. The summed E-state index contributed by atoms with van der Waals surface area (Å²) in [6.45, 7) is 2.38. The highest BCUT2D eigenvalue weighted by atomic mass is 15.1. The Hall–Kier alpha value is -2.79. The third-order valence-corrected chi connectivity index (χ3v) is 4.98. The van der Waals surface area contributed by atoms with Gasteiger partial charge >= 0.3 is 0 Å². The standard InChI is InChI=1S/C21H23N5/c1-26-13-9-17(10-14-26)16-3-5-18(6-4-16)20-8-7-19(15-24-20)25-21-22-11-2-12-23-21/h2-8,11-12,15,17H,9-10,13-14H2,1H3,(H,22,23,25). The first-order chi connectivity index (χ1) is 12.8. The number of rotatable bonds is 4. The first-order valence-electron chi connectivity index (χ1n) is 9.07. The number of anilines is 2. The van der Waals surface area contributed by atoms with Crippen LogP contribution in [0.3, 0.4) is 0 Å². The second kappa shape index (κ2) is 7.62. The van der Waals surface area contributed by atoms with Crippen LogP contribution in [0.4, 0.5) is 11.6 Å². The molecule has 1 fully saturated rings. The van der Waals surface area contributed by atoms with Gasteiger partial charge in [0, 0.05) is 18.0 Å². The zero-order valence-corrected chi connectivity index (χ0v) is 15.0. The maximum Gasteiger partial charge on any atom is 0.227 e. The highest BCUT2D eigenvalue weighted by Crippen LogP contribution is 2.29. The van der Waals surface area contributed by atoms with Gasteiger partial charge in [0.1, 0.15) is 0 Å². The largest absolute Gasteiger partial charge is 0.323 e. The molecule has 1 aliphatic heterocycles. The van der Waals surface area contributed by atoms with Gasteiger partial charge < -0.3 is 10.2 Å². The molecule has 1 aromatic carbocycles. The number of benzene rings is 1. The minimum atomic E-state index is 0.574. The molecule has 3 heterocycles. The lowest BCUT2D eigenvalue weighted by Gasteiger charge is -2.29. The van der Waals surface area contributed by atoms with Crippen molar-refractivity contribution in [2.45, 2.75) is 18.8 Å². The van der Waals surface area contributed by atoms with Crippen molar-refractivity contribution in [2.75, 3.05) is 25.5 Å². The monoisotopic (exact) mass is 345 g/mol. The van der Waals surface area contributed by atoms with E-state index in [1.165, 1.54) is 31.5 Å². The Balaban J connectivity index is 1.44. The van der Waals surface area contributed by atoms with E-state index in [2.05, 4.69) is 56.5 Å². The highest BCUT2D eigenvalue weighted by molar-refractivity contribution is 5.62. The SMILES string of the molecule is CN1CCC(c2ccc(-c3ccc(Nc4ncccn4)cn3)cc2)CC1. The number of aromatic nitrogens is 3. The number of nitrogens with zero attached hydrogens (tertiary/aromatic N) is 4. The Morgan fingerprint density at radius 3 is 2.31 bits per heavy atom. The molecule has 26 heavy (non-hydrogen) atoms. The number of piperidine rings is 1. The number of hydrogen-bond donors (Lipinski definition) is 1. The third kappa shape index (κ3) is 3.89. The minimum Gasteiger partial charge on any atom is -0.323 e. The van der Waals surface area contributed by atoms with Gasteiger partial charge in [0.25, 0.3) is 0 Å². The lowest BCUT2D eigenvalue weighted by atomic mass is 9.89. The van der Waals surface area contributed by atoms with E-state index in [0.717, 1.165) is 16.9 Å². The Morgan fingerprint density at radius 2 is 1.65 bits per heavy atom. The van der Waals surface area contributed by atoms with Gasteiger partial charge in [0.15, 0.2) is 0 Å². The summed E-state index contributed by atoms with van der Waals surface area (Å²) >= 11 is 0. The average Bonchev–Trinajstić information content (AvgIpc) is 2.70. The van der Waals surface area contributed by atoms with E-state index in [-0.39, 0.29) is 0 Å². The Kier molecular flexibility index (Phi) is 4.88. The lowest BCUT2D eigenvalue weighted by Crippen LogP contribution is -2.29. The van der Waals surface area contributed by atoms with Gasteiger partial charge in [-0.15, -0.1) is 0 Å². The summed E-state index contributed by atoms with van der Waals surface area (Å²) in [5, 5.41) is 3.15. The molecule has 1 N–H and O–H groups in total.